The Bertz CT molecular complexity index is 165. The summed E-state index contributed by atoms with van der Waals surface area (Å²) < 4.78 is 0. The normalized spacial score (nSPS) is 44.7. The van der Waals surface area contributed by atoms with Gasteiger partial charge in [-0.2, -0.15) is 0 Å². The van der Waals surface area contributed by atoms with Crippen LogP contribution in [0.3, 0.4) is 0 Å². The van der Waals surface area contributed by atoms with Crippen molar-refractivity contribution in [3.8, 4) is 0 Å². The van der Waals surface area contributed by atoms with Crippen molar-refractivity contribution in [1.29, 1.82) is 0 Å². The van der Waals surface area contributed by atoms with Gasteiger partial charge in [0.1, 0.15) is 0 Å². The molecule has 0 aromatic heterocycles. The van der Waals surface area contributed by atoms with Crippen molar-refractivity contribution >= 4 is 0 Å². The van der Waals surface area contributed by atoms with Crippen LogP contribution in [0.5, 0.6) is 0 Å². The quantitative estimate of drug-likeness (QED) is 0.586. The molecule has 3 fully saturated rings. The summed E-state index contributed by atoms with van der Waals surface area (Å²) in [6.07, 6.45) is 4.40. The van der Waals surface area contributed by atoms with Crippen molar-refractivity contribution in [2.45, 2.75) is 31.3 Å². The maximum Gasteiger partial charge on any atom is 0.0264 e. The van der Waals surface area contributed by atoms with Gasteiger partial charge in [0.2, 0.25) is 0 Å². The lowest BCUT2D eigenvalue weighted by molar-refractivity contribution is 0.242. The minimum atomic E-state index is 0.919. The molecule has 3 rings (SSSR count). The number of hydrogen-bond acceptors (Lipinski definition) is 2. The minimum absolute atomic E-state index is 0.919. The monoisotopic (exact) mass is 152 g/mol. The zero-order valence-electron chi connectivity index (χ0n) is 6.92. The van der Waals surface area contributed by atoms with Crippen molar-refractivity contribution in [3.63, 3.8) is 0 Å². The molecule has 62 valence electrons. The number of fused-ring (bicyclic) bond motifs is 1. The average molecular weight is 152 g/mol. The Morgan fingerprint density at radius 2 is 2.00 bits per heavy atom. The van der Waals surface area contributed by atoms with Crippen LogP contribution in [0.15, 0.2) is 0 Å². The molecule has 2 atom stereocenters. The summed E-state index contributed by atoms with van der Waals surface area (Å²) in [6.45, 7) is 3.94. The number of nitrogens with one attached hydrogen (secondary N) is 1. The van der Waals surface area contributed by atoms with E-state index in [0.29, 0.717) is 0 Å². The van der Waals surface area contributed by atoms with E-state index < -0.39 is 0 Å². The van der Waals surface area contributed by atoms with E-state index in [2.05, 4.69) is 10.2 Å². The Morgan fingerprint density at radius 3 is 2.82 bits per heavy atom. The molecule has 0 amide bonds. The minimum Gasteiger partial charge on any atom is -0.315 e. The molecule has 11 heavy (non-hydrogen) atoms. The van der Waals surface area contributed by atoms with Gasteiger partial charge in [0.25, 0.3) is 0 Å². The predicted molar refractivity (Wildman–Crippen MR) is 44.5 cm³/mol. The highest BCUT2D eigenvalue weighted by molar-refractivity contribution is 5.00. The first kappa shape index (κ1) is 6.44. The van der Waals surface area contributed by atoms with Gasteiger partial charge >= 0.3 is 0 Å². The number of likely N-dealkylation sites (tertiary alicyclic amines) is 1. The van der Waals surface area contributed by atoms with Crippen LogP contribution in [0.1, 0.15) is 19.3 Å². The van der Waals surface area contributed by atoms with Crippen molar-refractivity contribution in [2.75, 3.05) is 19.6 Å². The Balaban J connectivity index is 1.75. The van der Waals surface area contributed by atoms with Crippen molar-refractivity contribution in [1.82, 2.24) is 10.2 Å². The molecule has 0 aromatic carbocycles. The van der Waals surface area contributed by atoms with Gasteiger partial charge < -0.3 is 5.32 Å². The molecule has 0 aromatic rings. The van der Waals surface area contributed by atoms with E-state index in [4.69, 9.17) is 0 Å². The van der Waals surface area contributed by atoms with Gasteiger partial charge in [-0.05, 0) is 38.3 Å². The third-order valence-electron chi connectivity index (χ3n) is 3.50. The molecule has 2 heterocycles. The topological polar surface area (TPSA) is 15.3 Å². The van der Waals surface area contributed by atoms with Crippen LogP contribution in [0.25, 0.3) is 0 Å². The highest BCUT2D eigenvalue weighted by atomic mass is 15.3. The highest BCUT2D eigenvalue weighted by Gasteiger charge is 2.43. The third-order valence-corrected chi connectivity index (χ3v) is 3.50. The van der Waals surface area contributed by atoms with E-state index in [9.17, 15) is 0 Å². The van der Waals surface area contributed by atoms with Crippen LogP contribution < -0.4 is 5.32 Å². The molecule has 2 aliphatic heterocycles. The zero-order valence-corrected chi connectivity index (χ0v) is 6.92. The van der Waals surface area contributed by atoms with Gasteiger partial charge in [-0.3, -0.25) is 4.90 Å². The Kier molecular flexibility index (Phi) is 1.29. The van der Waals surface area contributed by atoms with Gasteiger partial charge in [-0.1, -0.05) is 0 Å². The Hall–Kier alpha value is -0.0800. The lowest BCUT2D eigenvalue weighted by Gasteiger charge is -2.22. The van der Waals surface area contributed by atoms with Crippen LogP contribution in [-0.2, 0) is 0 Å². The molecular weight excluding hydrogens is 136 g/mol. The van der Waals surface area contributed by atoms with Crippen molar-refractivity contribution in [2.24, 2.45) is 5.92 Å². The summed E-state index contributed by atoms with van der Waals surface area (Å²) in [4.78, 5) is 2.75. The average Bonchev–Trinajstić information content (AvgIpc) is 2.63. The fourth-order valence-electron chi connectivity index (χ4n) is 2.74. The molecule has 1 N–H and O–H groups in total. The van der Waals surface area contributed by atoms with E-state index in [1.165, 1.54) is 38.9 Å². The summed E-state index contributed by atoms with van der Waals surface area (Å²) in [5, 5.41) is 3.50. The molecule has 1 aliphatic carbocycles. The van der Waals surface area contributed by atoms with E-state index in [1.807, 2.05) is 0 Å². The Morgan fingerprint density at radius 1 is 1.09 bits per heavy atom. The third kappa shape index (κ3) is 0.926. The van der Waals surface area contributed by atoms with Crippen LogP contribution in [0, 0.1) is 5.92 Å². The summed E-state index contributed by atoms with van der Waals surface area (Å²) in [5.41, 5.74) is 0. The lowest BCUT2D eigenvalue weighted by Crippen LogP contribution is -2.35. The standard InChI is InChI=1S/C9H16N2/c1-2-8(1)11-4-3-7-5-10-6-9(7)11/h7-10H,1-6H2. The molecule has 2 nitrogen and oxygen atoms in total. The molecule has 3 aliphatic rings. The largest absolute Gasteiger partial charge is 0.315 e. The first-order valence-electron chi connectivity index (χ1n) is 4.91. The van der Waals surface area contributed by atoms with Gasteiger partial charge in [-0.15, -0.1) is 0 Å². The van der Waals surface area contributed by atoms with Crippen LogP contribution in [0.4, 0.5) is 0 Å². The van der Waals surface area contributed by atoms with Crippen molar-refractivity contribution in [3.05, 3.63) is 0 Å². The first-order valence-corrected chi connectivity index (χ1v) is 4.91. The number of hydrogen-bond donors (Lipinski definition) is 1. The van der Waals surface area contributed by atoms with E-state index in [0.717, 1.165) is 18.0 Å². The SMILES string of the molecule is C1CN(C2CC2)C2CNCC12. The molecule has 1 saturated carbocycles. The van der Waals surface area contributed by atoms with Gasteiger partial charge in [0.05, 0.1) is 0 Å². The maximum atomic E-state index is 3.50. The molecule has 2 heteroatoms. The predicted octanol–water partition coefficient (Wildman–Crippen LogP) is 0.442. The van der Waals surface area contributed by atoms with Crippen LogP contribution in [-0.4, -0.2) is 36.6 Å². The molecule has 2 saturated heterocycles. The fraction of sp³-hybridized carbons (Fsp3) is 1.00. The number of rotatable bonds is 1. The first-order chi connectivity index (χ1) is 5.45. The van der Waals surface area contributed by atoms with Crippen LogP contribution in [0.2, 0.25) is 0 Å². The van der Waals surface area contributed by atoms with E-state index in [1.54, 1.807) is 0 Å². The summed E-state index contributed by atoms with van der Waals surface area (Å²) in [6, 6.07) is 1.91. The molecule has 2 unspecified atom stereocenters. The summed E-state index contributed by atoms with van der Waals surface area (Å²) in [7, 11) is 0. The molecule has 0 spiro atoms. The lowest BCUT2D eigenvalue weighted by atomic mass is 10.1. The van der Waals surface area contributed by atoms with E-state index >= 15 is 0 Å². The fourth-order valence-corrected chi connectivity index (χ4v) is 2.74. The summed E-state index contributed by atoms with van der Waals surface area (Å²) >= 11 is 0. The number of nitrogens with zero attached hydrogens (tertiary/aromatic N) is 1. The second-order valence-electron chi connectivity index (χ2n) is 4.24. The maximum absolute atomic E-state index is 3.50. The highest BCUT2D eigenvalue weighted by Crippen LogP contribution is 2.37. The summed E-state index contributed by atoms with van der Waals surface area (Å²) in [5.74, 6) is 0.996. The molecular formula is C9H16N2. The smallest absolute Gasteiger partial charge is 0.0264 e. The van der Waals surface area contributed by atoms with Crippen molar-refractivity contribution < 1.29 is 0 Å². The van der Waals surface area contributed by atoms with Gasteiger partial charge in [0, 0.05) is 18.6 Å². The second-order valence-corrected chi connectivity index (χ2v) is 4.24. The second kappa shape index (κ2) is 2.20. The zero-order chi connectivity index (χ0) is 7.26. The van der Waals surface area contributed by atoms with Gasteiger partial charge in [-0.25, -0.2) is 0 Å². The van der Waals surface area contributed by atoms with Crippen LogP contribution >= 0.6 is 0 Å². The Labute approximate surface area is 68.0 Å². The van der Waals surface area contributed by atoms with Gasteiger partial charge in [0.15, 0.2) is 0 Å². The van der Waals surface area contributed by atoms with E-state index in [-0.39, 0.29) is 0 Å². The molecule has 0 bridgehead atoms. The molecule has 0 radical (unpaired) electrons.